The number of benzene rings is 2. The molecule has 2 aliphatic heterocycles. The molecule has 0 radical (unpaired) electrons. The van der Waals surface area contributed by atoms with Crippen LogP contribution in [0.25, 0.3) is 0 Å². The quantitative estimate of drug-likeness (QED) is 0.656. The Morgan fingerprint density at radius 3 is 2.62 bits per heavy atom. The van der Waals surface area contributed by atoms with Crippen molar-refractivity contribution in [2.75, 3.05) is 31.6 Å². The van der Waals surface area contributed by atoms with E-state index in [1.807, 2.05) is 4.90 Å². The highest BCUT2D eigenvalue weighted by Crippen LogP contribution is 2.47. The standard InChI is InChI=1S/C25H32FN2O/c1-17(2)11-13-28(4)14-12-24-22(16-28)21-15-18(3)5-10-23(21)27(24)25(29)19-6-8-20(26)9-7-19/h5-10,15,17,22,24H,11-14,16H2,1-4H3/q+1/t22-,24-,28?/m1/s1. The maximum Gasteiger partial charge on any atom is 0.258 e. The molecule has 1 amide bonds. The number of rotatable bonds is 4. The number of likely N-dealkylation sites (tertiary alicyclic amines) is 1. The van der Waals surface area contributed by atoms with Gasteiger partial charge in [0.2, 0.25) is 0 Å². The van der Waals surface area contributed by atoms with Crippen molar-refractivity contribution in [1.82, 2.24) is 0 Å². The molecule has 1 saturated heterocycles. The van der Waals surface area contributed by atoms with Gasteiger partial charge in [0.05, 0.1) is 38.6 Å². The van der Waals surface area contributed by atoms with Crippen molar-refractivity contribution in [3.05, 3.63) is 65.0 Å². The third-order valence-corrected chi connectivity index (χ3v) is 6.80. The number of anilines is 1. The molecular formula is C25H32FN2O+. The lowest BCUT2D eigenvalue weighted by molar-refractivity contribution is -0.916. The van der Waals surface area contributed by atoms with E-state index >= 15 is 0 Å². The monoisotopic (exact) mass is 395 g/mol. The van der Waals surface area contributed by atoms with Crippen LogP contribution in [0.3, 0.4) is 0 Å². The normalized spacial score (nSPS) is 25.8. The molecule has 2 heterocycles. The van der Waals surface area contributed by atoms with Gasteiger partial charge in [-0.1, -0.05) is 31.5 Å². The maximum absolute atomic E-state index is 13.4. The highest BCUT2D eigenvalue weighted by Gasteiger charge is 2.48. The molecule has 3 atom stereocenters. The minimum Gasteiger partial charge on any atom is -0.325 e. The summed E-state index contributed by atoms with van der Waals surface area (Å²) in [6.45, 7) is 10.0. The molecule has 0 bridgehead atoms. The van der Waals surface area contributed by atoms with Gasteiger partial charge in [-0.05, 0) is 55.2 Å². The van der Waals surface area contributed by atoms with Gasteiger partial charge in [0.1, 0.15) is 5.82 Å². The van der Waals surface area contributed by atoms with Crippen LogP contribution in [-0.2, 0) is 0 Å². The molecule has 4 heteroatoms. The Kier molecular flexibility index (Phi) is 5.24. The summed E-state index contributed by atoms with van der Waals surface area (Å²) in [7, 11) is 2.37. The van der Waals surface area contributed by atoms with E-state index in [9.17, 15) is 9.18 Å². The van der Waals surface area contributed by atoms with Crippen LogP contribution in [-0.4, -0.2) is 43.1 Å². The minimum absolute atomic E-state index is 0.0131. The van der Waals surface area contributed by atoms with Crippen LogP contribution in [0.15, 0.2) is 42.5 Å². The molecule has 0 aliphatic carbocycles. The number of carbonyl (C=O) groups excluding carboxylic acids is 1. The van der Waals surface area contributed by atoms with Crippen molar-refractivity contribution in [2.45, 2.75) is 45.6 Å². The van der Waals surface area contributed by atoms with E-state index in [4.69, 9.17) is 0 Å². The Balaban J connectivity index is 1.67. The van der Waals surface area contributed by atoms with E-state index in [0.717, 1.165) is 29.7 Å². The van der Waals surface area contributed by atoms with Crippen LogP contribution < -0.4 is 4.90 Å². The first-order valence-corrected chi connectivity index (χ1v) is 10.8. The molecule has 4 rings (SSSR count). The molecule has 0 spiro atoms. The number of fused-ring (bicyclic) bond motifs is 3. The Morgan fingerprint density at radius 1 is 1.21 bits per heavy atom. The van der Waals surface area contributed by atoms with Crippen molar-refractivity contribution in [3.63, 3.8) is 0 Å². The van der Waals surface area contributed by atoms with Crippen LogP contribution >= 0.6 is 0 Å². The first-order valence-electron chi connectivity index (χ1n) is 10.8. The SMILES string of the molecule is Cc1ccc2c(c1)[C@H]1C[N+](C)(CCC(C)C)CC[C@H]1N2C(=O)c1ccc(F)cc1. The molecule has 1 unspecified atom stereocenters. The fourth-order valence-electron chi connectivity index (χ4n) is 5.08. The first kappa shape index (κ1) is 20.1. The smallest absolute Gasteiger partial charge is 0.258 e. The van der Waals surface area contributed by atoms with Crippen molar-refractivity contribution < 1.29 is 13.7 Å². The third-order valence-electron chi connectivity index (χ3n) is 6.80. The molecular weight excluding hydrogens is 363 g/mol. The summed E-state index contributed by atoms with van der Waals surface area (Å²) in [5, 5.41) is 0. The van der Waals surface area contributed by atoms with Crippen molar-refractivity contribution >= 4 is 11.6 Å². The number of likely N-dealkylation sites (N-methyl/N-ethyl adjacent to an activating group) is 1. The van der Waals surface area contributed by atoms with Crippen molar-refractivity contribution in [2.24, 2.45) is 5.92 Å². The maximum atomic E-state index is 13.4. The van der Waals surface area contributed by atoms with Gasteiger partial charge < -0.3 is 9.38 Å². The van der Waals surface area contributed by atoms with E-state index in [0.29, 0.717) is 17.4 Å². The van der Waals surface area contributed by atoms with E-state index in [-0.39, 0.29) is 17.8 Å². The number of hydrogen-bond donors (Lipinski definition) is 0. The van der Waals surface area contributed by atoms with E-state index < -0.39 is 0 Å². The molecule has 3 nitrogen and oxygen atoms in total. The van der Waals surface area contributed by atoms with Crippen LogP contribution in [0, 0.1) is 18.7 Å². The molecule has 2 aromatic carbocycles. The number of amides is 1. The Hall–Kier alpha value is -2.20. The van der Waals surface area contributed by atoms with Gasteiger partial charge in [-0.25, -0.2) is 4.39 Å². The first-order chi connectivity index (χ1) is 13.8. The number of halogens is 1. The summed E-state index contributed by atoms with van der Waals surface area (Å²) in [6.07, 6.45) is 2.23. The van der Waals surface area contributed by atoms with E-state index in [1.165, 1.54) is 36.2 Å². The van der Waals surface area contributed by atoms with Crippen LogP contribution in [0.5, 0.6) is 0 Å². The number of nitrogens with zero attached hydrogens (tertiary/aromatic N) is 2. The number of piperidine rings is 1. The van der Waals surface area contributed by atoms with Gasteiger partial charge in [0.15, 0.2) is 0 Å². The molecule has 29 heavy (non-hydrogen) atoms. The van der Waals surface area contributed by atoms with E-state index in [1.54, 1.807) is 12.1 Å². The van der Waals surface area contributed by atoms with Crippen LogP contribution in [0.4, 0.5) is 10.1 Å². The Bertz CT molecular complexity index is 908. The van der Waals surface area contributed by atoms with Gasteiger partial charge in [-0.2, -0.15) is 0 Å². The fourth-order valence-corrected chi connectivity index (χ4v) is 5.08. The molecule has 0 aromatic heterocycles. The predicted molar refractivity (Wildman–Crippen MR) is 116 cm³/mol. The summed E-state index contributed by atoms with van der Waals surface area (Å²) in [6, 6.07) is 12.6. The van der Waals surface area contributed by atoms with Gasteiger partial charge in [-0.15, -0.1) is 0 Å². The summed E-state index contributed by atoms with van der Waals surface area (Å²) >= 11 is 0. The molecule has 154 valence electrons. The summed E-state index contributed by atoms with van der Waals surface area (Å²) < 4.78 is 14.4. The summed E-state index contributed by atoms with van der Waals surface area (Å²) in [4.78, 5) is 15.4. The topological polar surface area (TPSA) is 20.3 Å². The lowest BCUT2D eigenvalue weighted by Gasteiger charge is -2.44. The van der Waals surface area contributed by atoms with E-state index in [2.05, 4.69) is 46.0 Å². The predicted octanol–water partition coefficient (Wildman–Crippen LogP) is 5.14. The number of carbonyl (C=O) groups is 1. The van der Waals surface area contributed by atoms with Crippen molar-refractivity contribution in [1.29, 1.82) is 0 Å². The van der Waals surface area contributed by atoms with Crippen LogP contribution in [0.1, 0.15) is 54.1 Å². The molecule has 0 N–H and O–H groups in total. The van der Waals surface area contributed by atoms with Gasteiger partial charge >= 0.3 is 0 Å². The highest BCUT2D eigenvalue weighted by atomic mass is 19.1. The number of aryl methyl sites for hydroxylation is 1. The summed E-state index contributed by atoms with van der Waals surface area (Å²) in [5.74, 6) is 0.742. The van der Waals surface area contributed by atoms with Crippen molar-refractivity contribution in [3.8, 4) is 0 Å². The average molecular weight is 396 g/mol. The largest absolute Gasteiger partial charge is 0.325 e. The average Bonchev–Trinajstić information content (AvgIpc) is 2.99. The Morgan fingerprint density at radius 2 is 1.93 bits per heavy atom. The lowest BCUT2D eigenvalue weighted by Crippen LogP contribution is -2.57. The second kappa shape index (κ2) is 7.56. The molecule has 0 saturated carbocycles. The highest BCUT2D eigenvalue weighted by molar-refractivity contribution is 6.08. The van der Waals surface area contributed by atoms with Gasteiger partial charge in [-0.3, -0.25) is 4.79 Å². The molecule has 2 aliphatic rings. The van der Waals surface area contributed by atoms with Crippen LogP contribution in [0.2, 0.25) is 0 Å². The zero-order valence-corrected chi connectivity index (χ0v) is 18.0. The Labute approximate surface area is 173 Å². The molecule has 2 aromatic rings. The fraction of sp³-hybridized carbons (Fsp3) is 0.480. The lowest BCUT2D eigenvalue weighted by atomic mass is 9.86. The van der Waals surface area contributed by atoms with Gasteiger partial charge in [0, 0.05) is 17.7 Å². The van der Waals surface area contributed by atoms with Gasteiger partial charge in [0.25, 0.3) is 5.91 Å². The number of quaternary nitrogens is 1. The zero-order valence-electron chi connectivity index (χ0n) is 18.0. The second-order valence-corrected chi connectivity index (χ2v) is 9.64. The number of hydrogen-bond acceptors (Lipinski definition) is 1. The minimum atomic E-state index is -0.312. The third kappa shape index (κ3) is 3.83. The second-order valence-electron chi connectivity index (χ2n) is 9.64. The zero-order chi connectivity index (χ0) is 20.8. The summed E-state index contributed by atoms with van der Waals surface area (Å²) in [5.41, 5.74) is 4.14. The molecule has 1 fully saturated rings.